The molecular weight excluding hydrogens is 300 g/mol. The van der Waals surface area contributed by atoms with Gasteiger partial charge < -0.3 is 19.6 Å². The molecule has 1 atom stereocenters. The third-order valence-electron chi connectivity index (χ3n) is 3.90. The van der Waals surface area contributed by atoms with Crippen LogP contribution >= 0.6 is 0 Å². The largest absolute Gasteiger partial charge is 0.484 e. The van der Waals surface area contributed by atoms with E-state index in [1.54, 1.807) is 23.1 Å². The van der Waals surface area contributed by atoms with Gasteiger partial charge in [-0.25, -0.2) is 4.79 Å². The number of ether oxygens (including phenoxy) is 1. The van der Waals surface area contributed by atoms with Gasteiger partial charge in [-0.1, -0.05) is 6.07 Å². The Morgan fingerprint density at radius 1 is 1.43 bits per heavy atom. The normalized spacial score (nSPS) is 15.4. The maximum Gasteiger partial charge on any atom is 0.326 e. The first kappa shape index (κ1) is 16.8. The minimum atomic E-state index is -1.07. The van der Waals surface area contributed by atoms with Crippen molar-refractivity contribution < 1.29 is 24.2 Å². The van der Waals surface area contributed by atoms with Crippen molar-refractivity contribution in [1.82, 2.24) is 4.90 Å². The highest BCUT2D eigenvalue weighted by Gasteiger charge is 2.23. The fourth-order valence-electron chi connectivity index (χ4n) is 2.29. The average Bonchev–Trinajstić information content (AvgIpc) is 2.97. The third kappa shape index (κ3) is 4.00. The van der Waals surface area contributed by atoms with Crippen LogP contribution in [-0.2, 0) is 14.4 Å². The monoisotopic (exact) mass is 320 g/mol. The van der Waals surface area contributed by atoms with Crippen LogP contribution < -0.4 is 9.64 Å². The van der Waals surface area contributed by atoms with E-state index in [4.69, 9.17) is 9.84 Å². The summed E-state index contributed by atoms with van der Waals surface area (Å²) in [6.07, 6.45) is 1.38. The number of aliphatic carboxylic acids is 1. The highest BCUT2D eigenvalue weighted by atomic mass is 16.5. The number of carbonyl (C=O) groups is 3. The van der Waals surface area contributed by atoms with Crippen LogP contribution in [0.1, 0.15) is 19.8 Å². The van der Waals surface area contributed by atoms with Crippen molar-refractivity contribution in [3.05, 3.63) is 24.3 Å². The lowest BCUT2D eigenvalue weighted by molar-refractivity contribution is -0.148. The van der Waals surface area contributed by atoms with Gasteiger partial charge in [0.2, 0.25) is 5.91 Å². The van der Waals surface area contributed by atoms with E-state index >= 15 is 0 Å². The quantitative estimate of drug-likeness (QED) is 0.849. The third-order valence-corrected chi connectivity index (χ3v) is 3.90. The van der Waals surface area contributed by atoms with E-state index in [1.165, 1.54) is 14.0 Å². The summed E-state index contributed by atoms with van der Waals surface area (Å²) >= 11 is 0. The molecule has 124 valence electrons. The second-order valence-electron chi connectivity index (χ2n) is 5.45. The van der Waals surface area contributed by atoms with E-state index in [2.05, 4.69) is 0 Å². The molecule has 0 aromatic heterocycles. The van der Waals surface area contributed by atoms with Crippen LogP contribution in [0.5, 0.6) is 5.75 Å². The van der Waals surface area contributed by atoms with Gasteiger partial charge in [-0.05, 0) is 25.5 Å². The van der Waals surface area contributed by atoms with Crippen molar-refractivity contribution in [1.29, 1.82) is 0 Å². The molecule has 0 bridgehead atoms. The molecule has 2 amide bonds. The molecule has 7 heteroatoms. The molecule has 1 aromatic rings. The van der Waals surface area contributed by atoms with Crippen LogP contribution in [0.4, 0.5) is 5.69 Å². The van der Waals surface area contributed by atoms with Gasteiger partial charge in [0.15, 0.2) is 6.61 Å². The summed E-state index contributed by atoms with van der Waals surface area (Å²) in [4.78, 5) is 37.4. The second-order valence-corrected chi connectivity index (χ2v) is 5.45. The molecule has 0 radical (unpaired) electrons. The predicted molar refractivity (Wildman–Crippen MR) is 83.4 cm³/mol. The standard InChI is InChI=1S/C16H20N2O5/c1-11(16(21)22)17(2)15(20)10-23-13-6-3-5-12(9-13)18-8-4-7-14(18)19/h3,5-6,9,11H,4,7-8,10H2,1-2H3,(H,21,22). The first-order chi connectivity index (χ1) is 10.9. The molecule has 1 unspecified atom stereocenters. The fourth-order valence-corrected chi connectivity index (χ4v) is 2.29. The van der Waals surface area contributed by atoms with Crippen LogP contribution in [0.3, 0.4) is 0 Å². The summed E-state index contributed by atoms with van der Waals surface area (Å²) in [6, 6.07) is 6.05. The molecule has 1 fully saturated rings. The van der Waals surface area contributed by atoms with Crippen LogP contribution in [0, 0.1) is 0 Å². The Balaban J connectivity index is 1.97. The molecule has 1 aliphatic rings. The fraction of sp³-hybridized carbons (Fsp3) is 0.438. The summed E-state index contributed by atoms with van der Waals surface area (Å²) in [6.45, 7) is 1.85. The van der Waals surface area contributed by atoms with Crippen LogP contribution in [0.2, 0.25) is 0 Å². The van der Waals surface area contributed by atoms with E-state index in [0.717, 1.165) is 17.0 Å². The number of nitrogens with zero attached hydrogens (tertiary/aromatic N) is 2. The maximum absolute atomic E-state index is 11.9. The number of hydrogen-bond acceptors (Lipinski definition) is 4. The second kappa shape index (κ2) is 7.13. The molecule has 1 aliphatic heterocycles. The minimum absolute atomic E-state index is 0.0771. The number of benzene rings is 1. The zero-order valence-electron chi connectivity index (χ0n) is 13.2. The molecule has 23 heavy (non-hydrogen) atoms. The van der Waals surface area contributed by atoms with Crippen LogP contribution in [0.15, 0.2) is 24.3 Å². The lowest BCUT2D eigenvalue weighted by atomic mass is 10.2. The van der Waals surface area contributed by atoms with Crippen molar-refractivity contribution in [2.75, 3.05) is 25.1 Å². The van der Waals surface area contributed by atoms with Crippen molar-refractivity contribution in [3.8, 4) is 5.75 Å². The Hall–Kier alpha value is -2.57. The zero-order chi connectivity index (χ0) is 17.0. The number of carbonyl (C=O) groups excluding carboxylic acids is 2. The predicted octanol–water partition coefficient (Wildman–Crippen LogP) is 1.12. The average molecular weight is 320 g/mol. The Bertz CT molecular complexity index is 616. The molecule has 1 saturated heterocycles. The lowest BCUT2D eigenvalue weighted by Crippen LogP contribution is -2.42. The molecule has 1 heterocycles. The first-order valence-corrected chi connectivity index (χ1v) is 7.42. The molecule has 0 spiro atoms. The van der Waals surface area contributed by atoms with Gasteiger partial charge in [-0.3, -0.25) is 9.59 Å². The van der Waals surface area contributed by atoms with Crippen LogP contribution in [-0.4, -0.2) is 54.0 Å². The minimum Gasteiger partial charge on any atom is -0.484 e. The molecule has 1 N–H and O–H groups in total. The van der Waals surface area contributed by atoms with Gasteiger partial charge >= 0.3 is 5.97 Å². The highest BCUT2D eigenvalue weighted by Crippen LogP contribution is 2.25. The molecule has 1 aromatic carbocycles. The number of rotatable bonds is 6. The van der Waals surface area contributed by atoms with Gasteiger partial charge in [0.05, 0.1) is 0 Å². The van der Waals surface area contributed by atoms with Crippen molar-refractivity contribution in [2.24, 2.45) is 0 Å². The Morgan fingerprint density at radius 2 is 2.17 bits per heavy atom. The number of carboxylic acids is 1. The molecule has 2 rings (SSSR count). The van der Waals surface area contributed by atoms with Gasteiger partial charge in [-0.2, -0.15) is 0 Å². The SMILES string of the molecule is CC(C(=O)O)N(C)C(=O)COc1cccc(N2CCCC2=O)c1. The van der Waals surface area contributed by atoms with Crippen molar-refractivity contribution in [3.63, 3.8) is 0 Å². The molecule has 7 nitrogen and oxygen atoms in total. The summed E-state index contributed by atoms with van der Waals surface area (Å²) in [5, 5.41) is 8.90. The smallest absolute Gasteiger partial charge is 0.326 e. The maximum atomic E-state index is 11.9. The zero-order valence-corrected chi connectivity index (χ0v) is 13.2. The number of amides is 2. The van der Waals surface area contributed by atoms with Crippen molar-refractivity contribution in [2.45, 2.75) is 25.8 Å². The van der Waals surface area contributed by atoms with E-state index in [1.807, 2.05) is 6.07 Å². The van der Waals surface area contributed by atoms with Crippen molar-refractivity contribution >= 4 is 23.5 Å². The summed E-state index contributed by atoms with van der Waals surface area (Å²) < 4.78 is 5.43. The number of likely N-dealkylation sites (N-methyl/N-ethyl adjacent to an activating group) is 1. The Morgan fingerprint density at radius 3 is 2.78 bits per heavy atom. The highest BCUT2D eigenvalue weighted by molar-refractivity contribution is 5.95. The molecular formula is C16H20N2O5. The van der Waals surface area contributed by atoms with E-state index in [0.29, 0.717) is 18.7 Å². The topological polar surface area (TPSA) is 87.2 Å². The lowest BCUT2D eigenvalue weighted by Gasteiger charge is -2.21. The summed E-state index contributed by atoms with van der Waals surface area (Å²) in [7, 11) is 1.42. The Kier molecular flexibility index (Phi) is 5.20. The number of hydrogen-bond donors (Lipinski definition) is 1. The van der Waals surface area contributed by atoms with Gasteiger partial charge in [0, 0.05) is 31.8 Å². The molecule has 0 saturated carbocycles. The van der Waals surface area contributed by atoms with Gasteiger partial charge in [0.1, 0.15) is 11.8 Å². The Labute approximate surface area is 134 Å². The molecule has 0 aliphatic carbocycles. The first-order valence-electron chi connectivity index (χ1n) is 7.42. The van der Waals surface area contributed by atoms with E-state index in [9.17, 15) is 14.4 Å². The van der Waals surface area contributed by atoms with Crippen LogP contribution in [0.25, 0.3) is 0 Å². The summed E-state index contributed by atoms with van der Waals surface area (Å²) in [5.41, 5.74) is 0.740. The van der Waals surface area contributed by atoms with E-state index < -0.39 is 17.9 Å². The number of carboxylic acid groups (broad SMARTS) is 1. The summed E-state index contributed by atoms with van der Waals surface area (Å²) in [5.74, 6) is -0.960. The van der Waals surface area contributed by atoms with Gasteiger partial charge in [-0.15, -0.1) is 0 Å². The van der Waals surface area contributed by atoms with E-state index in [-0.39, 0.29) is 12.5 Å². The van der Waals surface area contributed by atoms with Gasteiger partial charge in [0.25, 0.3) is 5.91 Å². The number of anilines is 1.